The highest BCUT2D eigenvalue weighted by molar-refractivity contribution is 9.10. The van der Waals surface area contributed by atoms with E-state index in [4.69, 9.17) is 11.6 Å². The number of benzene rings is 1. The lowest BCUT2D eigenvalue weighted by Crippen LogP contribution is -2.31. The lowest BCUT2D eigenvalue weighted by atomic mass is 9.90. The lowest BCUT2D eigenvalue weighted by molar-refractivity contribution is 0.0951. The second-order valence-electron chi connectivity index (χ2n) is 5.55. The van der Waals surface area contributed by atoms with Gasteiger partial charge in [0.1, 0.15) is 0 Å². The molecular formula is C14H19BrClNO. The second-order valence-corrected chi connectivity index (χ2v) is 7.02. The number of nitrogens with one attached hydrogen (secondary N) is 1. The molecule has 1 rings (SSSR count). The third-order valence-corrected chi connectivity index (χ3v) is 3.44. The predicted octanol–water partition coefficient (Wildman–Crippen LogP) is 4.22. The summed E-state index contributed by atoms with van der Waals surface area (Å²) < 4.78 is 0.796. The van der Waals surface area contributed by atoms with Crippen molar-refractivity contribution in [3.63, 3.8) is 0 Å². The van der Waals surface area contributed by atoms with Gasteiger partial charge in [0.05, 0.1) is 10.9 Å². The van der Waals surface area contributed by atoms with Crippen LogP contribution in [0, 0.1) is 5.41 Å². The number of carbonyl (C=O) groups excluding carboxylic acids is 1. The molecule has 100 valence electrons. The van der Waals surface area contributed by atoms with E-state index in [2.05, 4.69) is 42.0 Å². The SMILES string of the molecule is CC(C)(C)CC(Cl)CNC(=O)c1ccccc1Br. The smallest absolute Gasteiger partial charge is 0.252 e. The standard InChI is InChI=1S/C14H19BrClNO/c1-14(2,3)8-10(16)9-17-13(18)11-6-4-5-7-12(11)15/h4-7,10H,8-9H2,1-3H3,(H,17,18). The molecule has 0 radical (unpaired) electrons. The van der Waals surface area contributed by atoms with Gasteiger partial charge in [-0.3, -0.25) is 4.79 Å². The summed E-state index contributed by atoms with van der Waals surface area (Å²) in [4.78, 5) is 11.9. The summed E-state index contributed by atoms with van der Waals surface area (Å²) in [6.07, 6.45) is 0.866. The maximum absolute atomic E-state index is 11.9. The Morgan fingerprint density at radius 3 is 2.56 bits per heavy atom. The fourth-order valence-electron chi connectivity index (χ4n) is 1.68. The van der Waals surface area contributed by atoms with Gasteiger partial charge in [-0.25, -0.2) is 0 Å². The fraction of sp³-hybridized carbons (Fsp3) is 0.500. The highest BCUT2D eigenvalue weighted by atomic mass is 79.9. The van der Waals surface area contributed by atoms with Crippen LogP contribution in [-0.2, 0) is 0 Å². The monoisotopic (exact) mass is 331 g/mol. The number of carbonyl (C=O) groups is 1. The number of rotatable bonds is 4. The van der Waals surface area contributed by atoms with E-state index < -0.39 is 0 Å². The number of alkyl halides is 1. The van der Waals surface area contributed by atoms with Gasteiger partial charge in [0, 0.05) is 11.0 Å². The van der Waals surface area contributed by atoms with Crippen LogP contribution in [0.4, 0.5) is 0 Å². The van der Waals surface area contributed by atoms with Gasteiger partial charge in [-0.05, 0) is 39.9 Å². The maximum atomic E-state index is 11.9. The molecule has 0 aliphatic rings. The van der Waals surface area contributed by atoms with Crippen LogP contribution in [0.3, 0.4) is 0 Å². The van der Waals surface area contributed by atoms with Gasteiger partial charge in [-0.2, -0.15) is 0 Å². The van der Waals surface area contributed by atoms with Crippen molar-refractivity contribution in [2.75, 3.05) is 6.54 Å². The van der Waals surface area contributed by atoms with E-state index in [0.29, 0.717) is 12.1 Å². The van der Waals surface area contributed by atoms with Crippen LogP contribution in [0.1, 0.15) is 37.6 Å². The Morgan fingerprint density at radius 1 is 1.39 bits per heavy atom. The van der Waals surface area contributed by atoms with Crippen LogP contribution in [0.2, 0.25) is 0 Å². The zero-order chi connectivity index (χ0) is 13.8. The van der Waals surface area contributed by atoms with Gasteiger partial charge in [0.15, 0.2) is 0 Å². The molecule has 0 aromatic heterocycles. The lowest BCUT2D eigenvalue weighted by Gasteiger charge is -2.22. The van der Waals surface area contributed by atoms with Crippen LogP contribution in [0.15, 0.2) is 28.7 Å². The normalized spacial score (nSPS) is 13.2. The largest absolute Gasteiger partial charge is 0.351 e. The highest BCUT2D eigenvalue weighted by Gasteiger charge is 2.18. The average Bonchev–Trinajstić information content (AvgIpc) is 2.24. The summed E-state index contributed by atoms with van der Waals surface area (Å²) >= 11 is 9.57. The molecule has 2 nitrogen and oxygen atoms in total. The Labute approximate surface area is 122 Å². The van der Waals surface area contributed by atoms with Gasteiger partial charge in [-0.15, -0.1) is 11.6 Å². The molecule has 0 heterocycles. The van der Waals surface area contributed by atoms with Crippen molar-refractivity contribution < 1.29 is 4.79 Å². The summed E-state index contributed by atoms with van der Waals surface area (Å²) in [5.74, 6) is -0.0953. The number of amides is 1. The van der Waals surface area contributed by atoms with Crippen LogP contribution in [0.25, 0.3) is 0 Å². The molecule has 0 spiro atoms. The fourth-order valence-corrected chi connectivity index (χ4v) is 2.69. The van der Waals surface area contributed by atoms with Crippen LogP contribution < -0.4 is 5.32 Å². The van der Waals surface area contributed by atoms with E-state index in [1.807, 2.05) is 18.2 Å². The minimum atomic E-state index is -0.0953. The molecule has 4 heteroatoms. The molecule has 0 bridgehead atoms. The quantitative estimate of drug-likeness (QED) is 0.822. The van der Waals surface area contributed by atoms with Gasteiger partial charge < -0.3 is 5.32 Å². The topological polar surface area (TPSA) is 29.1 Å². The van der Waals surface area contributed by atoms with Crippen LogP contribution in [-0.4, -0.2) is 17.8 Å². The molecule has 0 aliphatic carbocycles. The average molecular weight is 333 g/mol. The highest BCUT2D eigenvalue weighted by Crippen LogP contribution is 2.23. The molecule has 1 aromatic rings. The molecule has 0 saturated heterocycles. The third kappa shape index (κ3) is 5.40. The molecule has 1 aromatic carbocycles. The van der Waals surface area contributed by atoms with Crippen molar-refractivity contribution in [3.05, 3.63) is 34.3 Å². The van der Waals surface area contributed by atoms with Gasteiger partial charge in [0.25, 0.3) is 5.91 Å². The zero-order valence-corrected chi connectivity index (χ0v) is 13.3. The van der Waals surface area contributed by atoms with Gasteiger partial charge in [0.2, 0.25) is 0 Å². The number of halogens is 2. The molecule has 18 heavy (non-hydrogen) atoms. The molecule has 1 amide bonds. The Hall–Kier alpha value is -0.540. The van der Waals surface area contributed by atoms with E-state index in [1.165, 1.54) is 0 Å². The summed E-state index contributed by atoms with van der Waals surface area (Å²) in [5.41, 5.74) is 0.807. The Balaban J connectivity index is 2.50. The Morgan fingerprint density at radius 2 is 2.00 bits per heavy atom. The van der Waals surface area contributed by atoms with Gasteiger partial charge in [-0.1, -0.05) is 32.9 Å². The van der Waals surface area contributed by atoms with Crippen molar-refractivity contribution in [2.24, 2.45) is 5.41 Å². The maximum Gasteiger partial charge on any atom is 0.252 e. The zero-order valence-electron chi connectivity index (χ0n) is 11.0. The summed E-state index contributed by atoms with van der Waals surface area (Å²) in [6, 6.07) is 7.35. The molecular weight excluding hydrogens is 314 g/mol. The van der Waals surface area contributed by atoms with Crippen LogP contribution >= 0.6 is 27.5 Å². The van der Waals surface area contributed by atoms with E-state index >= 15 is 0 Å². The third-order valence-electron chi connectivity index (χ3n) is 2.44. The Kier molecular flexibility index (Phi) is 5.67. The number of hydrogen-bond acceptors (Lipinski definition) is 1. The second kappa shape index (κ2) is 6.58. The molecule has 0 aliphatic heterocycles. The predicted molar refractivity (Wildman–Crippen MR) is 80.2 cm³/mol. The summed E-state index contributed by atoms with van der Waals surface area (Å²) in [5, 5.41) is 2.82. The van der Waals surface area contributed by atoms with E-state index in [-0.39, 0.29) is 16.7 Å². The minimum Gasteiger partial charge on any atom is -0.351 e. The van der Waals surface area contributed by atoms with E-state index in [1.54, 1.807) is 6.07 Å². The summed E-state index contributed by atoms with van der Waals surface area (Å²) in [7, 11) is 0. The van der Waals surface area contributed by atoms with Gasteiger partial charge >= 0.3 is 0 Å². The van der Waals surface area contributed by atoms with Crippen molar-refractivity contribution in [1.82, 2.24) is 5.32 Å². The number of hydrogen-bond donors (Lipinski definition) is 1. The van der Waals surface area contributed by atoms with Crippen LogP contribution in [0.5, 0.6) is 0 Å². The minimum absolute atomic E-state index is 0.0450. The van der Waals surface area contributed by atoms with Crippen molar-refractivity contribution in [1.29, 1.82) is 0 Å². The first kappa shape index (κ1) is 15.5. The molecule has 0 saturated carbocycles. The molecule has 1 N–H and O–H groups in total. The van der Waals surface area contributed by atoms with E-state index in [0.717, 1.165) is 10.9 Å². The van der Waals surface area contributed by atoms with Crippen molar-refractivity contribution in [3.8, 4) is 0 Å². The molecule has 0 fully saturated rings. The molecule has 1 unspecified atom stereocenters. The molecule has 1 atom stereocenters. The first-order valence-electron chi connectivity index (χ1n) is 5.96. The van der Waals surface area contributed by atoms with E-state index in [9.17, 15) is 4.79 Å². The van der Waals surface area contributed by atoms with Crippen molar-refractivity contribution >= 4 is 33.4 Å². The summed E-state index contributed by atoms with van der Waals surface area (Å²) in [6.45, 7) is 6.90. The first-order chi connectivity index (χ1) is 8.29. The Bertz CT molecular complexity index is 415. The first-order valence-corrected chi connectivity index (χ1v) is 7.19. The van der Waals surface area contributed by atoms with Crippen molar-refractivity contribution in [2.45, 2.75) is 32.6 Å².